The molecule has 212 valence electrons. The van der Waals surface area contributed by atoms with Crippen LogP contribution in [-0.2, 0) is 18.4 Å². The number of hydrogen-bond acceptors (Lipinski definition) is 5. The zero-order valence-corrected chi connectivity index (χ0v) is 22.8. The molecule has 1 saturated heterocycles. The number of likely N-dealkylation sites (tertiary alicyclic amines) is 1. The van der Waals surface area contributed by atoms with Crippen LogP contribution in [0.3, 0.4) is 0 Å². The second-order valence-electron chi connectivity index (χ2n) is 11.7. The maximum Gasteiger partial charge on any atom is 0.417 e. The number of nitrogens with zero attached hydrogens (tertiary/aromatic N) is 3. The van der Waals surface area contributed by atoms with Crippen molar-refractivity contribution in [3.8, 4) is 16.9 Å². The maximum atomic E-state index is 14.5. The fourth-order valence-electron chi connectivity index (χ4n) is 5.92. The first kappa shape index (κ1) is 28.1. The number of nitrogens with one attached hydrogen (secondary N) is 1. The van der Waals surface area contributed by atoms with Crippen LogP contribution in [0.2, 0.25) is 0 Å². The van der Waals surface area contributed by atoms with E-state index in [0.717, 1.165) is 36.1 Å². The van der Waals surface area contributed by atoms with Crippen molar-refractivity contribution in [1.82, 2.24) is 19.9 Å². The average Bonchev–Trinajstić information content (AvgIpc) is 3.30. The molecule has 1 atom stereocenters. The molecule has 3 heterocycles. The van der Waals surface area contributed by atoms with E-state index in [9.17, 15) is 23.4 Å². The number of alkyl halides is 3. The summed E-state index contributed by atoms with van der Waals surface area (Å²) in [7, 11) is 0. The van der Waals surface area contributed by atoms with Crippen molar-refractivity contribution >= 4 is 10.9 Å². The zero-order chi connectivity index (χ0) is 28.5. The van der Waals surface area contributed by atoms with Crippen LogP contribution in [-0.4, -0.2) is 54.9 Å². The minimum Gasteiger partial charge on any atom is -0.508 e. The molecule has 1 fully saturated rings. The lowest BCUT2D eigenvalue weighted by Gasteiger charge is -2.38. The normalized spacial score (nSPS) is 16.8. The van der Waals surface area contributed by atoms with E-state index in [1.54, 1.807) is 44.4 Å². The molecule has 5 rings (SSSR count). The number of benzene rings is 2. The Bertz CT molecular complexity index is 1460. The summed E-state index contributed by atoms with van der Waals surface area (Å²) in [5.41, 5.74) is -0.477. The Labute approximate surface area is 231 Å². The Hall–Kier alpha value is -3.43. The highest BCUT2D eigenvalue weighted by Crippen LogP contribution is 2.45. The third kappa shape index (κ3) is 6.00. The van der Waals surface area contributed by atoms with Gasteiger partial charge in [-0.2, -0.15) is 13.2 Å². The van der Waals surface area contributed by atoms with E-state index in [1.165, 1.54) is 31.7 Å². The Kier molecular flexibility index (Phi) is 7.63. The Morgan fingerprint density at radius 3 is 2.35 bits per heavy atom. The first-order valence-corrected chi connectivity index (χ1v) is 13.6. The van der Waals surface area contributed by atoms with Gasteiger partial charge in [-0.25, -0.2) is 9.97 Å². The summed E-state index contributed by atoms with van der Waals surface area (Å²) < 4.78 is 43.5. The minimum atomic E-state index is -4.90. The minimum absolute atomic E-state index is 0.137. The van der Waals surface area contributed by atoms with E-state index < -0.39 is 30.0 Å². The van der Waals surface area contributed by atoms with Crippen LogP contribution in [0.25, 0.3) is 22.0 Å². The van der Waals surface area contributed by atoms with E-state index in [4.69, 9.17) is 0 Å². The summed E-state index contributed by atoms with van der Waals surface area (Å²) in [6, 6.07) is 12.4. The van der Waals surface area contributed by atoms with Crippen LogP contribution in [0.5, 0.6) is 5.75 Å². The molecule has 0 saturated carbocycles. The van der Waals surface area contributed by atoms with E-state index >= 15 is 0 Å². The van der Waals surface area contributed by atoms with Gasteiger partial charge in [0.05, 0.1) is 0 Å². The van der Waals surface area contributed by atoms with Gasteiger partial charge in [-0.3, -0.25) is 4.90 Å². The predicted molar refractivity (Wildman–Crippen MR) is 149 cm³/mol. The molecule has 4 aromatic rings. The molecule has 0 spiro atoms. The quantitative estimate of drug-likeness (QED) is 0.232. The first-order chi connectivity index (χ1) is 18.9. The highest BCUT2D eigenvalue weighted by molar-refractivity contribution is 5.81. The number of aliphatic hydroxyl groups is 1. The average molecular weight is 553 g/mol. The van der Waals surface area contributed by atoms with Gasteiger partial charge in [0.15, 0.2) is 5.60 Å². The number of hydrogen-bond donors (Lipinski definition) is 3. The molecule has 0 radical (unpaired) electrons. The second kappa shape index (κ2) is 10.9. The fourth-order valence-corrected chi connectivity index (χ4v) is 5.92. The van der Waals surface area contributed by atoms with Crippen LogP contribution >= 0.6 is 0 Å². The van der Waals surface area contributed by atoms with Crippen molar-refractivity contribution in [1.29, 1.82) is 0 Å². The highest BCUT2D eigenvalue weighted by atomic mass is 19.4. The van der Waals surface area contributed by atoms with Gasteiger partial charge in [0.2, 0.25) is 0 Å². The number of piperidine rings is 1. The molecule has 6 nitrogen and oxygen atoms in total. The van der Waals surface area contributed by atoms with Gasteiger partial charge in [-0.05, 0) is 84.6 Å². The largest absolute Gasteiger partial charge is 0.508 e. The molecule has 2 aromatic carbocycles. The van der Waals surface area contributed by atoms with Crippen LogP contribution in [0, 0.1) is 0 Å². The monoisotopic (exact) mass is 552 g/mol. The molecule has 9 heteroatoms. The Morgan fingerprint density at radius 1 is 0.925 bits per heavy atom. The number of H-pyrrole nitrogens is 1. The van der Waals surface area contributed by atoms with Gasteiger partial charge in [0, 0.05) is 47.7 Å². The highest BCUT2D eigenvalue weighted by Gasteiger charge is 2.56. The number of phenols is 1. The van der Waals surface area contributed by atoms with Crippen molar-refractivity contribution in [2.75, 3.05) is 13.1 Å². The molecule has 1 aliphatic heterocycles. The summed E-state index contributed by atoms with van der Waals surface area (Å²) in [5, 5.41) is 22.7. The lowest BCUT2D eigenvalue weighted by Crippen LogP contribution is -2.50. The lowest BCUT2D eigenvalue weighted by molar-refractivity contribution is -0.266. The lowest BCUT2D eigenvalue weighted by atomic mass is 9.72. The van der Waals surface area contributed by atoms with Crippen molar-refractivity contribution in [3.63, 3.8) is 0 Å². The van der Waals surface area contributed by atoms with Gasteiger partial charge < -0.3 is 15.2 Å². The van der Waals surface area contributed by atoms with Gasteiger partial charge in [0.1, 0.15) is 12.1 Å². The molecule has 2 aromatic heterocycles. The summed E-state index contributed by atoms with van der Waals surface area (Å²) in [5.74, 6) is -0.137. The van der Waals surface area contributed by atoms with Crippen molar-refractivity contribution < 1.29 is 23.4 Å². The number of phenolic OH excluding ortho intramolecular Hbond substituents is 1. The van der Waals surface area contributed by atoms with Gasteiger partial charge >= 0.3 is 6.18 Å². The SMILES string of the molecule is CC(C)(CC(O)(Cc1cc2cc(CN3CCCCC3)ccc2[nH]1)C(F)(F)F)c1cc(-c2cncnc2)ccc1O. The molecule has 0 bridgehead atoms. The van der Waals surface area contributed by atoms with E-state index in [1.807, 2.05) is 18.2 Å². The molecular weight excluding hydrogens is 517 g/mol. The number of fused-ring (bicyclic) bond motifs is 1. The van der Waals surface area contributed by atoms with Crippen molar-refractivity contribution in [3.05, 3.63) is 78.0 Å². The standard InChI is InChI=1S/C31H35F3N4O2/c1-29(2,26-14-22(7-9-28(26)39)24-16-35-20-36-17-24)19-30(40,31(32,33)34)15-25-13-23-12-21(6-8-27(23)37-25)18-38-10-4-3-5-11-38/h6-9,12-14,16-17,20,37,39-40H,3-5,10-11,15,18-19H2,1-2H3. The molecule has 0 aliphatic carbocycles. The van der Waals surface area contributed by atoms with Crippen LogP contribution in [0.4, 0.5) is 13.2 Å². The fraction of sp³-hybridized carbons (Fsp3) is 0.419. The topological polar surface area (TPSA) is 85.3 Å². The zero-order valence-electron chi connectivity index (χ0n) is 22.8. The van der Waals surface area contributed by atoms with Gasteiger partial charge in [-0.1, -0.05) is 32.4 Å². The van der Waals surface area contributed by atoms with Crippen LogP contribution < -0.4 is 0 Å². The third-order valence-corrected chi connectivity index (χ3v) is 7.96. The van der Waals surface area contributed by atoms with Gasteiger partial charge in [0.25, 0.3) is 0 Å². The maximum absolute atomic E-state index is 14.5. The molecule has 0 amide bonds. The van der Waals surface area contributed by atoms with E-state index in [2.05, 4.69) is 19.9 Å². The number of aromatic hydroxyl groups is 1. The molecular formula is C31H35F3N4O2. The number of aromatic nitrogens is 3. The molecule has 1 aliphatic rings. The predicted octanol–water partition coefficient (Wildman–Crippen LogP) is 6.52. The van der Waals surface area contributed by atoms with Gasteiger partial charge in [-0.15, -0.1) is 0 Å². The summed E-state index contributed by atoms with van der Waals surface area (Å²) in [6.45, 7) is 6.13. The number of halogens is 3. The van der Waals surface area contributed by atoms with Crippen molar-refractivity contribution in [2.45, 2.75) is 69.7 Å². The van der Waals surface area contributed by atoms with E-state index in [-0.39, 0.29) is 5.75 Å². The Balaban J connectivity index is 1.41. The van der Waals surface area contributed by atoms with Crippen LogP contribution in [0.1, 0.15) is 56.4 Å². The summed E-state index contributed by atoms with van der Waals surface area (Å²) in [6.07, 6.45) is 2.01. The molecule has 3 N–H and O–H groups in total. The van der Waals surface area contributed by atoms with Crippen LogP contribution in [0.15, 0.2) is 61.2 Å². The summed E-state index contributed by atoms with van der Waals surface area (Å²) in [4.78, 5) is 13.5. The number of aromatic amines is 1. The Morgan fingerprint density at radius 2 is 1.65 bits per heavy atom. The third-order valence-electron chi connectivity index (χ3n) is 7.96. The first-order valence-electron chi connectivity index (χ1n) is 13.6. The second-order valence-corrected chi connectivity index (χ2v) is 11.7. The molecule has 1 unspecified atom stereocenters. The summed E-state index contributed by atoms with van der Waals surface area (Å²) >= 11 is 0. The van der Waals surface area contributed by atoms with E-state index in [0.29, 0.717) is 22.4 Å². The van der Waals surface area contributed by atoms with Crippen molar-refractivity contribution in [2.24, 2.45) is 0 Å². The smallest absolute Gasteiger partial charge is 0.417 e. The number of rotatable bonds is 8. The molecule has 40 heavy (non-hydrogen) atoms.